The molecule has 0 aliphatic heterocycles. The first-order valence-electron chi connectivity index (χ1n) is 5.45. The Morgan fingerprint density at radius 1 is 1.31 bits per heavy atom. The van der Waals surface area contributed by atoms with E-state index in [0.29, 0.717) is 11.5 Å². The van der Waals surface area contributed by atoms with Crippen molar-refractivity contribution in [1.82, 2.24) is 0 Å². The number of primary amides is 1. The van der Waals surface area contributed by atoms with E-state index in [-0.39, 0.29) is 6.10 Å². The average Bonchev–Trinajstić information content (AvgIpc) is 2.23. The fourth-order valence-electron chi connectivity index (χ4n) is 1.85. The van der Waals surface area contributed by atoms with Crippen molar-refractivity contribution in [3.05, 3.63) is 29.8 Å². The zero-order chi connectivity index (χ0) is 11.5. The van der Waals surface area contributed by atoms with E-state index in [1.165, 1.54) is 0 Å². The summed E-state index contributed by atoms with van der Waals surface area (Å²) >= 11 is 0. The minimum Gasteiger partial charge on any atom is -0.490 e. The van der Waals surface area contributed by atoms with E-state index in [2.05, 4.69) is 0 Å². The lowest BCUT2D eigenvalue weighted by Gasteiger charge is -2.34. The molecular formula is C12H16N2O2. The molecule has 1 amide bonds. The molecule has 0 aromatic heterocycles. The maximum Gasteiger partial charge on any atom is 0.248 e. The van der Waals surface area contributed by atoms with Crippen molar-refractivity contribution in [3.8, 4) is 5.75 Å². The van der Waals surface area contributed by atoms with E-state index in [1.54, 1.807) is 24.3 Å². The van der Waals surface area contributed by atoms with Gasteiger partial charge in [-0.2, -0.15) is 0 Å². The first-order chi connectivity index (χ1) is 7.69. The van der Waals surface area contributed by atoms with Gasteiger partial charge in [-0.15, -0.1) is 0 Å². The Morgan fingerprint density at radius 2 is 1.94 bits per heavy atom. The van der Waals surface area contributed by atoms with Gasteiger partial charge in [-0.05, 0) is 49.6 Å². The first-order valence-corrected chi connectivity index (χ1v) is 5.45. The maximum atomic E-state index is 10.9. The highest BCUT2D eigenvalue weighted by Crippen LogP contribution is 2.30. The quantitative estimate of drug-likeness (QED) is 0.791. The summed E-state index contributed by atoms with van der Waals surface area (Å²) in [5.74, 6) is 0.971. The van der Waals surface area contributed by atoms with Crippen LogP contribution in [0.3, 0.4) is 0 Å². The zero-order valence-corrected chi connectivity index (χ0v) is 9.06. The molecule has 1 aromatic carbocycles. The van der Waals surface area contributed by atoms with E-state index in [0.717, 1.165) is 25.1 Å². The van der Waals surface area contributed by atoms with Crippen LogP contribution in [0.2, 0.25) is 0 Å². The third kappa shape index (κ3) is 2.33. The molecule has 1 fully saturated rings. The van der Waals surface area contributed by atoms with Crippen LogP contribution in [-0.2, 0) is 0 Å². The Hall–Kier alpha value is -1.55. The third-order valence-electron chi connectivity index (χ3n) is 2.97. The van der Waals surface area contributed by atoms with Crippen LogP contribution >= 0.6 is 0 Å². The molecule has 4 N–H and O–H groups in total. The molecule has 4 nitrogen and oxygen atoms in total. The Kier molecular flexibility index (Phi) is 3.10. The Labute approximate surface area is 94.6 Å². The number of nitrogens with two attached hydrogens (primary N) is 2. The molecule has 1 saturated carbocycles. The zero-order valence-electron chi connectivity index (χ0n) is 9.06. The highest BCUT2D eigenvalue weighted by Gasteiger charge is 2.29. The summed E-state index contributed by atoms with van der Waals surface area (Å²) in [5, 5.41) is 0. The van der Waals surface area contributed by atoms with Crippen LogP contribution in [0, 0.1) is 5.92 Å². The van der Waals surface area contributed by atoms with Gasteiger partial charge >= 0.3 is 0 Å². The van der Waals surface area contributed by atoms with Crippen molar-refractivity contribution >= 4 is 5.91 Å². The van der Waals surface area contributed by atoms with Crippen LogP contribution in [0.15, 0.2) is 24.3 Å². The average molecular weight is 220 g/mol. The van der Waals surface area contributed by atoms with Gasteiger partial charge in [-0.1, -0.05) is 0 Å². The van der Waals surface area contributed by atoms with Crippen LogP contribution in [0.1, 0.15) is 23.2 Å². The van der Waals surface area contributed by atoms with Crippen LogP contribution in [0.4, 0.5) is 0 Å². The fraction of sp³-hybridized carbons (Fsp3) is 0.417. The van der Waals surface area contributed by atoms with Crippen molar-refractivity contribution in [2.24, 2.45) is 17.4 Å². The Balaban J connectivity index is 1.89. The molecule has 86 valence electrons. The summed E-state index contributed by atoms with van der Waals surface area (Å²) in [6.07, 6.45) is 2.32. The molecular weight excluding hydrogens is 204 g/mol. The second kappa shape index (κ2) is 4.53. The summed E-state index contributed by atoms with van der Waals surface area (Å²) in [4.78, 5) is 10.9. The van der Waals surface area contributed by atoms with E-state index in [9.17, 15) is 4.79 Å². The molecule has 0 unspecified atom stereocenters. The van der Waals surface area contributed by atoms with Crippen molar-refractivity contribution in [2.45, 2.75) is 18.9 Å². The molecule has 0 bridgehead atoms. The van der Waals surface area contributed by atoms with E-state index >= 15 is 0 Å². The van der Waals surface area contributed by atoms with E-state index in [4.69, 9.17) is 16.2 Å². The number of rotatable bonds is 4. The van der Waals surface area contributed by atoms with Crippen LogP contribution in [0.25, 0.3) is 0 Å². The number of hydrogen-bond donors (Lipinski definition) is 2. The smallest absolute Gasteiger partial charge is 0.248 e. The SMILES string of the molecule is NCC1CC(Oc2ccc(C(N)=O)cc2)C1. The normalized spacial score (nSPS) is 23.6. The lowest BCUT2D eigenvalue weighted by molar-refractivity contribution is 0.0690. The Morgan fingerprint density at radius 3 is 2.44 bits per heavy atom. The van der Waals surface area contributed by atoms with E-state index in [1.807, 2.05) is 0 Å². The minimum absolute atomic E-state index is 0.271. The van der Waals surface area contributed by atoms with Gasteiger partial charge in [0, 0.05) is 5.56 Å². The monoisotopic (exact) mass is 220 g/mol. The minimum atomic E-state index is -0.418. The molecule has 0 heterocycles. The van der Waals surface area contributed by atoms with E-state index < -0.39 is 5.91 Å². The lowest BCUT2D eigenvalue weighted by Crippen LogP contribution is -2.37. The summed E-state index contributed by atoms with van der Waals surface area (Å²) in [5.41, 5.74) is 11.2. The van der Waals surface area contributed by atoms with Gasteiger partial charge in [0.15, 0.2) is 0 Å². The van der Waals surface area contributed by atoms with Crippen molar-refractivity contribution < 1.29 is 9.53 Å². The van der Waals surface area contributed by atoms with Gasteiger partial charge in [-0.3, -0.25) is 4.79 Å². The summed E-state index contributed by atoms with van der Waals surface area (Å²) in [6.45, 7) is 0.737. The van der Waals surface area contributed by atoms with Gasteiger partial charge in [-0.25, -0.2) is 0 Å². The van der Waals surface area contributed by atoms with Crippen LogP contribution in [0.5, 0.6) is 5.75 Å². The van der Waals surface area contributed by atoms with Gasteiger partial charge in [0.1, 0.15) is 5.75 Å². The predicted octanol–water partition coefficient (Wildman–Crippen LogP) is 0.902. The third-order valence-corrected chi connectivity index (χ3v) is 2.97. The van der Waals surface area contributed by atoms with Crippen molar-refractivity contribution in [3.63, 3.8) is 0 Å². The van der Waals surface area contributed by atoms with Crippen molar-refractivity contribution in [1.29, 1.82) is 0 Å². The van der Waals surface area contributed by atoms with Crippen LogP contribution in [-0.4, -0.2) is 18.6 Å². The second-order valence-electron chi connectivity index (χ2n) is 4.20. The van der Waals surface area contributed by atoms with Gasteiger partial charge in [0.05, 0.1) is 6.10 Å². The molecule has 16 heavy (non-hydrogen) atoms. The molecule has 2 rings (SSSR count). The molecule has 0 radical (unpaired) electrons. The number of amides is 1. The van der Waals surface area contributed by atoms with Gasteiger partial charge < -0.3 is 16.2 Å². The topological polar surface area (TPSA) is 78.3 Å². The number of benzene rings is 1. The van der Waals surface area contributed by atoms with Gasteiger partial charge in [0.2, 0.25) is 5.91 Å². The number of carbonyl (C=O) groups is 1. The maximum absolute atomic E-state index is 10.9. The molecule has 4 heteroatoms. The molecule has 0 atom stereocenters. The standard InChI is InChI=1S/C12H16N2O2/c13-7-8-5-11(6-8)16-10-3-1-9(2-4-10)12(14)15/h1-4,8,11H,5-7,13H2,(H2,14,15). The summed E-state index contributed by atoms with van der Waals surface area (Å²) in [6, 6.07) is 6.90. The molecule has 1 aromatic rings. The molecule has 0 spiro atoms. The second-order valence-corrected chi connectivity index (χ2v) is 4.20. The van der Waals surface area contributed by atoms with Gasteiger partial charge in [0.25, 0.3) is 0 Å². The van der Waals surface area contributed by atoms with Crippen molar-refractivity contribution in [2.75, 3.05) is 6.54 Å². The fourth-order valence-corrected chi connectivity index (χ4v) is 1.85. The van der Waals surface area contributed by atoms with Crippen LogP contribution < -0.4 is 16.2 Å². The molecule has 1 aliphatic carbocycles. The summed E-state index contributed by atoms with van der Waals surface area (Å²) < 4.78 is 5.71. The number of carbonyl (C=O) groups excluding carboxylic acids is 1. The first kappa shape index (κ1) is 11.0. The number of hydrogen-bond acceptors (Lipinski definition) is 3. The molecule has 0 saturated heterocycles. The highest BCUT2D eigenvalue weighted by molar-refractivity contribution is 5.92. The number of ether oxygens (including phenoxy) is 1. The summed E-state index contributed by atoms with van der Waals surface area (Å²) in [7, 11) is 0. The predicted molar refractivity (Wildman–Crippen MR) is 61.2 cm³/mol. The highest BCUT2D eigenvalue weighted by atomic mass is 16.5. The lowest BCUT2D eigenvalue weighted by atomic mass is 9.82. The Bertz CT molecular complexity index is 369. The largest absolute Gasteiger partial charge is 0.490 e. The molecule has 1 aliphatic rings.